The minimum atomic E-state index is -0.320. The standard InChI is InChI=1S/C20H26O4.C7H15IO.C2H4O/c1-6-7-16-8-10-17(11-9-16)12-18(14(2)13-21)19(22)20(24-5)15(3)23-4;1-3-4-5-7(2)6-9-8;1-2-3/h8-11,13H,6-7,12H2,1-5H3;7H,3-6H2,1-2H3;2H,1H3/b18-14-,20-15-;;. The highest BCUT2D eigenvalue weighted by Crippen LogP contribution is 2.20. The zero-order valence-corrected chi connectivity index (χ0v) is 25.5. The lowest BCUT2D eigenvalue weighted by molar-refractivity contribution is -0.116. The Kier molecular flexibility index (Phi) is 23.5. The lowest BCUT2D eigenvalue weighted by atomic mass is 9.95. The molecule has 0 aliphatic rings. The second-order valence-electron chi connectivity index (χ2n) is 8.40. The van der Waals surface area contributed by atoms with Gasteiger partial charge in [0.1, 0.15) is 41.3 Å². The predicted molar refractivity (Wildman–Crippen MR) is 155 cm³/mol. The molecular formula is C29H45IO6. The van der Waals surface area contributed by atoms with E-state index in [9.17, 15) is 9.59 Å². The van der Waals surface area contributed by atoms with Crippen LogP contribution in [0.25, 0.3) is 0 Å². The normalized spacial score (nSPS) is 12.4. The number of rotatable bonds is 14. The van der Waals surface area contributed by atoms with Crippen molar-refractivity contribution in [3.05, 3.63) is 58.1 Å². The van der Waals surface area contributed by atoms with Crippen LogP contribution in [0.4, 0.5) is 0 Å². The smallest absolute Gasteiger partial charge is 0.227 e. The summed E-state index contributed by atoms with van der Waals surface area (Å²) in [7, 11) is 2.90. The molecular weight excluding hydrogens is 571 g/mol. The minimum absolute atomic E-state index is 0.122. The molecule has 1 rings (SSSR count). The Morgan fingerprint density at radius 2 is 1.56 bits per heavy atom. The molecule has 0 aliphatic carbocycles. The number of hydrogen-bond acceptors (Lipinski definition) is 6. The van der Waals surface area contributed by atoms with E-state index < -0.39 is 0 Å². The van der Waals surface area contributed by atoms with Gasteiger partial charge in [-0.05, 0) is 56.2 Å². The van der Waals surface area contributed by atoms with Gasteiger partial charge >= 0.3 is 0 Å². The largest absolute Gasteiger partial charge is 0.497 e. The van der Waals surface area contributed by atoms with Gasteiger partial charge in [0, 0.05) is 12.0 Å². The van der Waals surface area contributed by atoms with Crippen molar-refractivity contribution in [2.45, 2.75) is 80.1 Å². The molecule has 0 radical (unpaired) electrons. The summed E-state index contributed by atoms with van der Waals surface area (Å²) in [6, 6.07) is 8.11. The van der Waals surface area contributed by atoms with Crippen LogP contribution in [-0.2, 0) is 39.8 Å². The summed E-state index contributed by atoms with van der Waals surface area (Å²) >= 11 is 1.95. The first-order chi connectivity index (χ1) is 17.2. The number of ether oxygens (including phenoxy) is 2. The summed E-state index contributed by atoms with van der Waals surface area (Å²) < 4.78 is 15.3. The molecule has 6 nitrogen and oxygen atoms in total. The number of methoxy groups -OCH3 is 2. The summed E-state index contributed by atoms with van der Waals surface area (Å²) in [5.74, 6) is 0.925. The third-order valence-electron chi connectivity index (χ3n) is 5.30. The van der Waals surface area contributed by atoms with Crippen LogP contribution in [0.2, 0.25) is 0 Å². The Hall–Kier alpha value is -2.00. The van der Waals surface area contributed by atoms with Crippen LogP contribution in [0.5, 0.6) is 0 Å². The van der Waals surface area contributed by atoms with E-state index in [1.165, 1.54) is 46.0 Å². The van der Waals surface area contributed by atoms with Crippen LogP contribution in [0, 0.1) is 5.92 Å². The average molecular weight is 617 g/mol. The fraction of sp³-hybridized carbons (Fsp3) is 0.552. The summed E-state index contributed by atoms with van der Waals surface area (Å²) in [5, 5.41) is 0. The van der Waals surface area contributed by atoms with Crippen LogP contribution < -0.4 is 0 Å². The fourth-order valence-corrected chi connectivity index (χ4v) is 3.77. The summed E-state index contributed by atoms with van der Waals surface area (Å²) in [6.07, 6.45) is 7.88. The fourth-order valence-electron chi connectivity index (χ4n) is 3.16. The number of aldehydes is 2. The average Bonchev–Trinajstić information content (AvgIpc) is 2.88. The molecule has 1 atom stereocenters. The van der Waals surface area contributed by atoms with Crippen LogP contribution in [0.1, 0.15) is 78.4 Å². The molecule has 0 spiro atoms. The van der Waals surface area contributed by atoms with E-state index in [0.29, 0.717) is 29.6 Å². The summed E-state index contributed by atoms with van der Waals surface area (Å²) in [5.41, 5.74) is 3.06. The number of unbranched alkanes of at least 4 members (excludes halogenated alkanes) is 1. The first-order valence-electron chi connectivity index (χ1n) is 12.4. The highest BCUT2D eigenvalue weighted by Gasteiger charge is 2.21. The molecule has 0 amide bonds. The molecule has 1 aromatic rings. The van der Waals surface area contributed by atoms with Crippen molar-refractivity contribution in [1.82, 2.24) is 0 Å². The zero-order valence-electron chi connectivity index (χ0n) is 23.3. The zero-order chi connectivity index (χ0) is 27.9. The number of carbonyl (C=O) groups excluding carboxylic acids is 3. The van der Waals surface area contributed by atoms with Gasteiger partial charge in [-0.25, -0.2) is 0 Å². The number of hydrogen-bond donors (Lipinski definition) is 0. The van der Waals surface area contributed by atoms with Crippen molar-refractivity contribution in [2.24, 2.45) is 5.92 Å². The molecule has 1 aromatic carbocycles. The van der Waals surface area contributed by atoms with E-state index >= 15 is 0 Å². The molecule has 0 saturated carbocycles. The highest BCUT2D eigenvalue weighted by atomic mass is 127. The van der Waals surface area contributed by atoms with Gasteiger partial charge in [-0.15, -0.1) is 0 Å². The molecule has 204 valence electrons. The van der Waals surface area contributed by atoms with E-state index in [0.717, 1.165) is 37.2 Å². The Balaban J connectivity index is 0. The second-order valence-corrected chi connectivity index (χ2v) is 9.03. The van der Waals surface area contributed by atoms with Gasteiger partial charge in [0.15, 0.2) is 0 Å². The predicted octanol–water partition coefficient (Wildman–Crippen LogP) is 7.17. The molecule has 0 N–H and O–H groups in total. The van der Waals surface area contributed by atoms with E-state index in [-0.39, 0.29) is 11.5 Å². The summed E-state index contributed by atoms with van der Waals surface area (Å²) in [6.45, 7) is 12.2. The van der Waals surface area contributed by atoms with Gasteiger partial charge in [0.05, 0.1) is 20.8 Å². The van der Waals surface area contributed by atoms with Gasteiger partial charge in [0.25, 0.3) is 0 Å². The Morgan fingerprint density at radius 1 is 1.00 bits per heavy atom. The molecule has 0 fully saturated rings. The number of halogens is 1. The van der Waals surface area contributed by atoms with Gasteiger partial charge in [-0.2, -0.15) is 0 Å². The van der Waals surface area contributed by atoms with Crippen LogP contribution in [-0.4, -0.2) is 39.2 Å². The minimum Gasteiger partial charge on any atom is -0.497 e. The van der Waals surface area contributed by atoms with E-state index in [4.69, 9.17) is 17.3 Å². The van der Waals surface area contributed by atoms with E-state index in [1.54, 1.807) is 13.8 Å². The molecule has 0 bridgehead atoms. The van der Waals surface area contributed by atoms with E-state index in [1.807, 2.05) is 35.1 Å². The van der Waals surface area contributed by atoms with Gasteiger partial charge in [-0.1, -0.05) is 64.3 Å². The maximum absolute atomic E-state index is 12.8. The monoisotopic (exact) mass is 616 g/mol. The van der Waals surface area contributed by atoms with Gasteiger partial charge in [-0.3, -0.25) is 9.59 Å². The lowest BCUT2D eigenvalue weighted by Crippen LogP contribution is -2.15. The van der Waals surface area contributed by atoms with E-state index in [2.05, 4.69) is 32.9 Å². The number of benzene rings is 1. The molecule has 36 heavy (non-hydrogen) atoms. The number of carbonyl (C=O) groups is 3. The molecule has 0 saturated heterocycles. The van der Waals surface area contributed by atoms with Gasteiger partial charge in [0.2, 0.25) is 11.5 Å². The second kappa shape index (κ2) is 23.4. The maximum atomic E-state index is 12.8. The first kappa shape index (κ1) is 36.2. The van der Waals surface area contributed by atoms with Crippen LogP contribution in [0.3, 0.4) is 0 Å². The Bertz CT molecular complexity index is 812. The number of Topliss-reactive ketones (excluding diaryl/α,β-unsaturated/α-hetero) is 1. The van der Waals surface area contributed by atoms with Crippen molar-refractivity contribution in [3.8, 4) is 0 Å². The quantitative estimate of drug-likeness (QED) is 0.0955. The topological polar surface area (TPSA) is 78.9 Å². The van der Waals surface area contributed by atoms with Crippen molar-refractivity contribution < 1.29 is 26.9 Å². The highest BCUT2D eigenvalue weighted by molar-refractivity contribution is 14.1. The number of allylic oxidation sites excluding steroid dienone is 3. The molecule has 0 heterocycles. The molecule has 1 unspecified atom stereocenters. The van der Waals surface area contributed by atoms with Crippen molar-refractivity contribution in [1.29, 1.82) is 0 Å². The van der Waals surface area contributed by atoms with Crippen molar-refractivity contribution in [2.75, 3.05) is 20.8 Å². The van der Waals surface area contributed by atoms with Gasteiger partial charge < -0.3 is 17.3 Å². The maximum Gasteiger partial charge on any atom is 0.227 e. The lowest BCUT2D eigenvalue weighted by Gasteiger charge is -2.13. The van der Waals surface area contributed by atoms with Crippen molar-refractivity contribution >= 4 is 41.4 Å². The Morgan fingerprint density at radius 3 is 1.97 bits per heavy atom. The first-order valence-corrected chi connectivity index (χ1v) is 13.3. The number of aryl methyl sites for hydroxylation is 1. The molecule has 0 aliphatic heterocycles. The van der Waals surface area contributed by atoms with Crippen LogP contribution >= 0.6 is 23.0 Å². The third-order valence-corrected chi connectivity index (χ3v) is 5.66. The SMILES string of the molecule is CC=O.CCCCC(C)COI.CCCc1ccc(C/C(C(=O)/C(OC)=C(\C)OC)=C(\C)C=O)cc1. The molecule has 7 heteroatoms. The Labute approximate surface area is 232 Å². The summed E-state index contributed by atoms with van der Waals surface area (Å²) in [4.78, 5) is 32.8. The van der Waals surface area contributed by atoms with Crippen LogP contribution in [0.15, 0.2) is 46.9 Å². The number of ketones is 1. The third kappa shape index (κ3) is 15.9. The van der Waals surface area contributed by atoms with Crippen molar-refractivity contribution in [3.63, 3.8) is 0 Å². The molecule has 0 aromatic heterocycles.